The maximum Gasteiger partial charge on any atom is 0.322 e. The summed E-state index contributed by atoms with van der Waals surface area (Å²) in [5, 5.41) is 0.845. The van der Waals surface area contributed by atoms with Crippen LogP contribution in [0.4, 0.5) is 0 Å². The van der Waals surface area contributed by atoms with E-state index >= 15 is 0 Å². The zero-order valence-corrected chi connectivity index (χ0v) is 11.8. The number of H-pyrrole nitrogens is 1. The van der Waals surface area contributed by atoms with Crippen molar-refractivity contribution >= 4 is 28.8 Å². The lowest BCUT2D eigenvalue weighted by Gasteiger charge is -2.07. The first kappa shape index (κ1) is 13.9. The van der Waals surface area contributed by atoms with E-state index in [-0.39, 0.29) is 5.97 Å². The third kappa shape index (κ3) is 3.48. The van der Waals surface area contributed by atoms with Crippen LogP contribution in [-0.4, -0.2) is 34.8 Å². The van der Waals surface area contributed by atoms with Crippen molar-refractivity contribution in [3.8, 4) is 0 Å². The Bertz CT molecular complexity index is 582. The summed E-state index contributed by atoms with van der Waals surface area (Å²) < 4.78 is 4.58. The molecule has 1 aromatic heterocycles. The number of hydrogen-bond acceptors (Lipinski definition) is 5. The number of esters is 1. The SMILES string of the molecule is COC(=O)C(N)CCSc1nc2ccc(C)cc2[nH]1. The molecule has 0 saturated heterocycles. The van der Waals surface area contributed by atoms with Crippen LogP contribution in [0.5, 0.6) is 0 Å². The Balaban J connectivity index is 1.93. The van der Waals surface area contributed by atoms with Crippen LogP contribution < -0.4 is 5.73 Å². The summed E-state index contributed by atoms with van der Waals surface area (Å²) in [6, 6.07) is 5.52. The molecule has 0 saturated carbocycles. The van der Waals surface area contributed by atoms with Gasteiger partial charge in [0, 0.05) is 5.75 Å². The van der Waals surface area contributed by atoms with Crippen LogP contribution in [0.15, 0.2) is 23.4 Å². The molecule has 1 aromatic carbocycles. The van der Waals surface area contributed by atoms with Gasteiger partial charge in [0.15, 0.2) is 5.16 Å². The van der Waals surface area contributed by atoms with E-state index in [1.165, 1.54) is 12.7 Å². The van der Waals surface area contributed by atoms with Crippen LogP contribution in [0, 0.1) is 6.92 Å². The third-order valence-corrected chi connectivity index (χ3v) is 3.69. The van der Waals surface area contributed by atoms with Crippen molar-refractivity contribution in [1.29, 1.82) is 0 Å². The highest BCUT2D eigenvalue weighted by atomic mass is 32.2. The van der Waals surface area contributed by atoms with Gasteiger partial charge in [-0.25, -0.2) is 4.98 Å². The van der Waals surface area contributed by atoms with E-state index in [2.05, 4.69) is 20.8 Å². The Hall–Kier alpha value is -1.53. The van der Waals surface area contributed by atoms with E-state index in [1.54, 1.807) is 11.8 Å². The number of rotatable bonds is 5. The van der Waals surface area contributed by atoms with Gasteiger partial charge in [-0.15, -0.1) is 0 Å². The molecular formula is C13H17N3O2S. The maximum absolute atomic E-state index is 11.2. The number of imidazole rings is 1. The highest BCUT2D eigenvalue weighted by molar-refractivity contribution is 7.99. The molecule has 0 aliphatic rings. The van der Waals surface area contributed by atoms with Crippen molar-refractivity contribution in [3.63, 3.8) is 0 Å². The van der Waals surface area contributed by atoms with Crippen LogP contribution in [0.25, 0.3) is 11.0 Å². The summed E-state index contributed by atoms with van der Waals surface area (Å²) in [5.41, 5.74) is 8.84. The molecular weight excluding hydrogens is 262 g/mol. The van der Waals surface area contributed by atoms with Gasteiger partial charge in [0.1, 0.15) is 6.04 Å². The molecule has 0 amide bonds. The van der Waals surface area contributed by atoms with Gasteiger partial charge in [0.05, 0.1) is 18.1 Å². The minimum absolute atomic E-state index is 0.374. The fourth-order valence-electron chi connectivity index (χ4n) is 1.72. The number of carbonyl (C=O) groups excluding carboxylic acids is 1. The lowest BCUT2D eigenvalue weighted by molar-refractivity contribution is -0.142. The average Bonchev–Trinajstić information content (AvgIpc) is 2.79. The molecule has 1 unspecified atom stereocenters. The number of nitrogens with one attached hydrogen (secondary N) is 1. The molecule has 19 heavy (non-hydrogen) atoms. The van der Waals surface area contributed by atoms with Gasteiger partial charge in [-0.05, 0) is 31.0 Å². The summed E-state index contributed by atoms with van der Waals surface area (Å²) in [7, 11) is 1.34. The molecule has 5 nitrogen and oxygen atoms in total. The number of aromatic amines is 1. The van der Waals surface area contributed by atoms with Crippen molar-refractivity contribution in [3.05, 3.63) is 23.8 Å². The van der Waals surface area contributed by atoms with Crippen LogP contribution in [0.2, 0.25) is 0 Å². The Morgan fingerprint density at radius 3 is 3.11 bits per heavy atom. The van der Waals surface area contributed by atoms with Crippen molar-refractivity contribution in [1.82, 2.24) is 9.97 Å². The smallest absolute Gasteiger partial charge is 0.322 e. The van der Waals surface area contributed by atoms with Crippen LogP contribution in [0.3, 0.4) is 0 Å². The highest BCUT2D eigenvalue weighted by Crippen LogP contribution is 2.21. The molecule has 0 aliphatic heterocycles. The highest BCUT2D eigenvalue weighted by Gasteiger charge is 2.13. The minimum atomic E-state index is -0.566. The fourth-order valence-corrected chi connectivity index (χ4v) is 2.63. The summed E-state index contributed by atoms with van der Waals surface area (Å²) in [4.78, 5) is 18.9. The minimum Gasteiger partial charge on any atom is -0.468 e. The number of methoxy groups -OCH3 is 1. The molecule has 0 radical (unpaired) electrons. The summed E-state index contributed by atoms with van der Waals surface area (Å²) in [6.45, 7) is 2.04. The number of carbonyl (C=O) groups is 1. The second-order valence-corrected chi connectivity index (χ2v) is 5.41. The summed E-state index contributed by atoms with van der Waals surface area (Å²) >= 11 is 1.55. The zero-order valence-electron chi connectivity index (χ0n) is 11.0. The van der Waals surface area contributed by atoms with Gasteiger partial charge in [0.2, 0.25) is 0 Å². The van der Waals surface area contributed by atoms with Gasteiger partial charge in [-0.3, -0.25) is 4.79 Å². The van der Waals surface area contributed by atoms with Gasteiger partial charge >= 0.3 is 5.97 Å². The standard InChI is InChI=1S/C13H17N3O2S/c1-8-3-4-10-11(7-8)16-13(15-10)19-6-5-9(14)12(17)18-2/h3-4,7,9H,5-6,14H2,1-2H3,(H,15,16). The monoisotopic (exact) mass is 279 g/mol. The average molecular weight is 279 g/mol. The number of nitrogens with zero attached hydrogens (tertiary/aromatic N) is 1. The van der Waals surface area contributed by atoms with Gasteiger partial charge in [-0.1, -0.05) is 17.8 Å². The number of aromatic nitrogens is 2. The third-order valence-electron chi connectivity index (χ3n) is 2.79. The van der Waals surface area contributed by atoms with Crippen LogP contribution >= 0.6 is 11.8 Å². The van der Waals surface area contributed by atoms with E-state index in [4.69, 9.17) is 5.73 Å². The first-order chi connectivity index (χ1) is 9.10. The first-order valence-corrected chi connectivity index (χ1v) is 7.01. The first-order valence-electron chi connectivity index (χ1n) is 6.02. The summed E-state index contributed by atoms with van der Waals surface area (Å²) in [6.07, 6.45) is 0.563. The molecule has 0 spiro atoms. The second-order valence-electron chi connectivity index (χ2n) is 4.33. The Morgan fingerprint density at radius 1 is 1.58 bits per heavy atom. The van der Waals surface area contributed by atoms with E-state index in [9.17, 15) is 4.79 Å². The zero-order chi connectivity index (χ0) is 13.8. The van der Waals surface area contributed by atoms with Crippen LogP contribution in [-0.2, 0) is 9.53 Å². The fraction of sp³-hybridized carbons (Fsp3) is 0.385. The molecule has 6 heteroatoms. The van der Waals surface area contributed by atoms with Crippen molar-refractivity contribution < 1.29 is 9.53 Å². The lowest BCUT2D eigenvalue weighted by Crippen LogP contribution is -2.31. The van der Waals surface area contributed by atoms with E-state index in [1.807, 2.05) is 19.1 Å². The molecule has 1 atom stereocenters. The Morgan fingerprint density at radius 2 is 2.37 bits per heavy atom. The molecule has 0 fully saturated rings. The van der Waals surface area contributed by atoms with E-state index in [0.717, 1.165) is 21.9 Å². The number of aryl methyl sites for hydroxylation is 1. The predicted molar refractivity (Wildman–Crippen MR) is 76.2 cm³/mol. The van der Waals surface area contributed by atoms with Crippen molar-refractivity contribution in [2.45, 2.75) is 24.5 Å². The van der Waals surface area contributed by atoms with Crippen molar-refractivity contribution in [2.75, 3.05) is 12.9 Å². The molecule has 2 aromatic rings. The normalized spacial score (nSPS) is 12.6. The van der Waals surface area contributed by atoms with Gasteiger partial charge in [-0.2, -0.15) is 0 Å². The maximum atomic E-state index is 11.2. The summed E-state index contributed by atoms with van der Waals surface area (Å²) in [5.74, 6) is 0.343. The lowest BCUT2D eigenvalue weighted by atomic mass is 10.2. The largest absolute Gasteiger partial charge is 0.468 e. The predicted octanol–water partition coefficient (Wildman–Crippen LogP) is 1.85. The Labute approximate surface area is 115 Å². The molecule has 1 heterocycles. The molecule has 0 aliphatic carbocycles. The quantitative estimate of drug-likeness (QED) is 0.645. The molecule has 3 N–H and O–H groups in total. The number of thioether (sulfide) groups is 1. The number of fused-ring (bicyclic) bond motifs is 1. The van der Waals surface area contributed by atoms with Crippen molar-refractivity contribution in [2.24, 2.45) is 5.73 Å². The van der Waals surface area contributed by atoms with Gasteiger partial charge < -0.3 is 15.5 Å². The topological polar surface area (TPSA) is 81.0 Å². The van der Waals surface area contributed by atoms with Crippen LogP contribution in [0.1, 0.15) is 12.0 Å². The molecule has 0 bridgehead atoms. The number of nitrogens with two attached hydrogens (primary N) is 1. The molecule has 2 rings (SSSR count). The van der Waals surface area contributed by atoms with Gasteiger partial charge in [0.25, 0.3) is 0 Å². The number of hydrogen-bond donors (Lipinski definition) is 2. The number of benzene rings is 1. The Kier molecular flexibility index (Phi) is 4.44. The van der Waals surface area contributed by atoms with E-state index < -0.39 is 6.04 Å². The second kappa shape index (κ2) is 6.08. The molecule has 102 valence electrons. The number of ether oxygens (including phenoxy) is 1. The van der Waals surface area contributed by atoms with E-state index in [0.29, 0.717) is 6.42 Å².